The molecule has 0 aliphatic carbocycles. The van der Waals surface area contributed by atoms with Crippen LogP contribution in [0, 0.1) is 0 Å². The summed E-state index contributed by atoms with van der Waals surface area (Å²) >= 11 is 0. The number of hydrogen-bond acceptors (Lipinski definition) is 3. The van der Waals surface area contributed by atoms with E-state index in [0.29, 0.717) is 6.04 Å². The van der Waals surface area contributed by atoms with Gasteiger partial charge >= 0.3 is 0 Å². The summed E-state index contributed by atoms with van der Waals surface area (Å²) in [5.74, 6) is 0.138. The first-order chi connectivity index (χ1) is 9.56. The molecular weight excluding hydrogens is 252 g/mol. The maximum atomic E-state index is 12.2. The highest BCUT2D eigenvalue weighted by Crippen LogP contribution is 2.23. The fourth-order valence-corrected chi connectivity index (χ4v) is 3.06. The molecule has 20 heavy (non-hydrogen) atoms. The minimum atomic E-state index is -0.291. The molecule has 1 heterocycles. The minimum Gasteiger partial charge on any atom is -0.393 e. The van der Waals surface area contributed by atoms with Gasteiger partial charge in [-0.25, -0.2) is 0 Å². The van der Waals surface area contributed by atoms with Crippen molar-refractivity contribution in [1.29, 1.82) is 0 Å². The highest BCUT2D eigenvalue weighted by Gasteiger charge is 2.30. The highest BCUT2D eigenvalue weighted by atomic mass is 16.3. The molecular formula is C16H32N2O2. The second kappa shape index (κ2) is 9.35. The molecule has 1 saturated heterocycles. The van der Waals surface area contributed by atoms with Crippen LogP contribution in [0.2, 0.25) is 0 Å². The van der Waals surface area contributed by atoms with E-state index in [1.54, 1.807) is 0 Å². The molecule has 0 saturated carbocycles. The van der Waals surface area contributed by atoms with E-state index in [-0.39, 0.29) is 18.1 Å². The van der Waals surface area contributed by atoms with Gasteiger partial charge in [0.1, 0.15) is 0 Å². The van der Waals surface area contributed by atoms with Gasteiger partial charge in [-0.3, -0.25) is 9.69 Å². The zero-order valence-electron chi connectivity index (χ0n) is 13.4. The monoisotopic (exact) mass is 284 g/mol. The van der Waals surface area contributed by atoms with E-state index in [1.807, 2.05) is 13.8 Å². The van der Waals surface area contributed by atoms with E-state index in [0.717, 1.165) is 38.8 Å². The molecule has 0 bridgehead atoms. The first-order valence-electron chi connectivity index (χ1n) is 8.27. The molecule has 0 aromatic rings. The molecule has 1 aliphatic rings. The summed E-state index contributed by atoms with van der Waals surface area (Å²) in [5, 5.41) is 12.7. The lowest BCUT2D eigenvalue weighted by molar-refractivity contribution is -0.127. The number of hydrogen-bond donors (Lipinski definition) is 2. The third-order valence-corrected chi connectivity index (χ3v) is 4.24. The number of carbonyl (C=O) groups excluding carboxylic acids is 1. The summed E-state index contributed by atoms with van der Waals surface area (Å²) in [6.07, 6.45) is 7.35. The number of rotatable bonds is 8. The Bertz CT molecular complexity index is 282. The van der Waals surface area contributed by atoms with Crippen molar-refractivity contribution in [3.63, 3.8) is 0 Å². The van der Waals surface area contributed by atoms with Crippen molar-refractivity contribution >= 4 is 5.91 Å². The van der Waals surface area contributed by atoms with E-state index in [4.69, 9.17) is 0 Å². The van der Waals surface area contributed by atoms with Gasteiger partial charge in [-0.2, -0.15) is 0 Å². The summed E-state index contributed by atoms with van der Waals surface area (Å²) in [7, 11) is 0. The van der Waals surface area contributed by atoms with Crippen molar-refractivity contribution < 1.29 is 9.90 Å². The SMILES string of the molecule is CCCCCNC(=O)C(C)N1CCCCC1CC(C)O. The molecule has 0 aromatic carbocycles. The zero-order valence-corrected chi connectivity index (χ0v) is 13.4. The van der Waals surface area contributed by atoms with E-state index in [2.05, 4.69) is 17.1 Å². The van der Waals surface area contributed by atoms with Crippen LogP contribution in [-0.2, 0) is 4.79 Å². The normalized spacial score (nSPS) is 23.3. The molecule has 4 nitrogen and oxygen atoms in total. The molecule has 3 unspecified atom stereocenters. The van der Waals surface area contributed by atoms with Gasteiger partial charge in [0.15, 0.2) is 0 Å². The van der Waals surface area contributed by atoms with E-state index in [9.17, 15) is 9.90 Å². The number of likely N-dealkylation sites (tertiary alicyclic amines) is 1. The number of amides is 1. The van der Waals surface area contributed by atoms with Gasteiger partial charge in [-0.05, 0) is 46.1 Å². The third-order valence-electron chi connectivity index (χ3n) is 4.24. The molecule has 0 aromatic heterocycles. The molecule has 0 radical (unpaired) electrons. The van der Waals surface area contributed by atoms with Crippen LogP contribution >= 0.6 is 0 Å². The van der Waals surface area contributed by atoms with Crippen molar-refractivity contribution in [2.45, 2.75) is 83.9 Å². The van der Waals surface area contributed by atoms with Crippen molar-refractivity contribution in [2.75, 3.05) is 13.1 Å². The Balaban J connectivity index is 2.44. The Kier molecular flexibility index (Phi) is 8.15. The molecule has 0 spiro atoms. The lowest BCUT2D eigenvalue weighted by atomic mass is 9.95. The van der Waals surface area contributed by atoms with Gasteiger partial charge in [0, 0.05) is 12.6 Å². The van der Waals surface area contributed by atoms with Crippen molar-refractivity contribution in [3.8, 4) is 0 Å². The average Bonchev–Trinajstić information content (AvgIpc) is 2.42. The number of aliphatic hydroxyl groups excluding tert-OH is 1. The smallest absolute Gasteiger partial charge is 0.237 e. The van der Waals surface area contributed by atoms with Crippen LogP contribution in [-0.4, -0.2) is 47.2 Å². The number of piperidine rings is 1. The summed E-state index contributed by atoms with van der Waals surface area (Å²) in [4.78, 5) is 14.5. The van der Waals surface area contributed by atoms with Crippen LogP contribution in [0.4, 0.5) is 0 Å². The first kappa shape index (κ1) is 17.4. The largest absolute Gasteiger partial charge is 0.393 e. The number of carbonyl (C=O) groups is 1. The Morgan fingerprint density at radius 2 is 2.10 bits per heavy atom. The predicted molar refractivity (Wildman–Crippen MR) is 82.6 cm³/mol. The summed E-state index contributed by atoms with van der Waals surface area (Å²) in [6, 6.07) is 0.265. The number of nitrogens with zero attached hydrogens (tertiary/aromatic N) is 1. The van der Waals surface area contributed by atoms with Gasteiger partial charge in [0.2, 0.25) is 5.91 Å². The lowest BCUT2D eigenvalue weighted by Crippen LogP contribution is -2.52. The maximum absolute atomic E-state index is 12.2. The average molecular weight is 284 g/mol. The van der Waals surface area contributed by atoms with Crippen LogP contribution in [0.3, 0.4) is 0 Å². The Morgan fingerprint density at radius 1 is 1.35 bits per heavy atom. The van der Waals surface area contributed by atoms with Crippen LogP contribution in [0.15, 0.2) is 0 Å². The molecule has 1 rings (SSSR count). The number of unbranched alkanes of at least 4 members (excludes halogenated alkanes) is 2. The third kappa shape index (κ3) is 5.80. The molecule has 1 amide bonds. The molecule has 1 aliphatic heterocycles. The van der Waals surface area contributed by atoms with Crippen LogP contribution < -0.4 is 5.32 Å². The van der Waals surface area contributed by atoms with Gasteiger partial charge < -0.3 is 10.4 Å². The van der Waals surface area contributed by atoms with Crippen molar-refractivity contribution in [3.05, 3.63) is 0 Å². The van der Waals surface area contributed by atoms with Crippen LogP contribution in [0.25, 0.3) is 0 Å². The molecule has 3 atom stereocenters. The fourth-order valence-electron chi connectivity index (χ4n) is 3.06. The molecule has 2 N–H and O–H groups in total. The summed E-state index contributed by atoms with van der Waals surface area (Å²) in [6.45, 7) is 7.75. The quantitative estimate of drug-likeness (QED) is 0.673. The van der Waals surface area contributed by atoms with Gasteiger partial charge in [-0.15, -0.1) is 0 Å². The maximum Gasteiger partial charge on any atom is 0.237 e. The minimum absolute atomic E-state index is 0.0827. The lowest BCUT2D eigenvalue weighted by Gasteiger charge is -2.39. The summed E-state index contributed by atoms with van der Waals surface area (Å²) < 4.78 is 0. The first-order valence-corrected chi connectivity index (χ1v) is 8.27. The van der Waals surface area contributed by atoms with Crippen LogP contribution in [0.1, 0.15) is 65.7 Å². The summed E-state index contributed by atoms with van der Waals surface area (Å²) in [5.41, 5.74) is 0. The van der Waals surface area contributed by atoms with Gasteiger partial charge in [-0.1, -0.05) is 26.2 Å². The van der Waals surface area contributed by atoms with E-state index >= 15 is 0 Å². The molecule has 4 heteroatoms. The van der Waals surface area contributed by atoms with Crippen molar-refractivity contribution in [2.24, 2.45) is 0 Å². The predicted octanol–water partition coefficient (Wildman–Crippen LogP) is 2.31. The zero-order chi connectivity index (χ0) is 15.0. The van der Waals surface area contributed by atoms with Gasteiger partial charge in [0.05, 0.1) is 12.1 Å². The van der Waals surface area contributed by atoms with Crippen molar-refractivity contribution in [1.82, 2.24) is 10.2 Å². The van der Waals surface area contributed by atoms with E-state index in [1.165, 1.54) is 19.3 Å². The topological polar surface area (TPSA) is 52.6 Å². The second-order valence-electron chi connectivity index (χ2n) is 6.15. The number of aliphatic hydroxyl groups is 1. The Labute approximate surface area is 123 Å². The van der Waals surface area contributed by atoms with Gasteiger partial charge in [0.25, 0.3) is 0 Å². The molecule has 118 valence electrons. The Hall–Kier alpha value is -0.610. The number of nitrogens with one attached hydrogen (secondary N) is 1. The second-order valence-corrected chi connectivity index (χ2v) is 6.15. The standard InChI is InChI=1S/C16H32N2O2/c1-4-5-7-10-17-16(20)14(3)18-11-8-6-9-15(18)12-13(2)19/h13-15,19H,4-12H2,1-3H3,(H,17,20). The highest BCUT2D eigenvalue weighted by molar-refractivity contribution is 5.81. The van der Waals surface area contributed by atoms with E-state index < -0.39 is 0 Å². The fraction of sp³-hybridized carbons (Fsp3) is 0.938. The molecule has 1 fully saturated rings. The van der Waals surface area contributed by atoms with Crippen LogP contribution in [0.5, 0.6) is 0 Å². The Morgan fingerprint density at radius 3 is 2.75 bits per heavy atom.